The van der Waals surface area contributed by atoms with Crippen LogP contribution >= 0.6 is 24.0 Å². The van der Waals surface area contributed by atoms with E-state index in [1.54, 1.807) is 13.3 Å². The fourth-order valence-corrected chi connectivity index (χ4v) is 2.90. The van der Waals surface area contributed by atoms with Crippen LogP contribution in [0.4, 0.5) is 8.78 Å². The summed E-state index contributed by atoms with van der Waals surface area (Å²) in [6, 6.07) is 5.37. The second-order valence-electron chi connectivity index (χ2n) is 6.15. The predicted octanol–water partition coefficient (Wildman–Crippen LogP) is 2.34. The molecule has 0 spiro atoms. The SMILES string of the molecule is CN=C(NCCOc1ccc(F)c(F)c1)N1CCN(Cc2ccon2)CC1.I. The van der Waals surface area contributed by atoms with Gasteiger partial charge in [-0.2, -0.15) is 0 Å². The highest BCUT2D eigenvalue weighted by Crippen LogP contribution is 2.15. The number of aliphatic imine (C=N–C) groups is 1. The summed E-state index contributed by atoms with van der Waals surface area (Å²) in [6.45, 7) is 5.10. The summed E-state index contributed by atoms with van der Waals surface area (Å²) in [4.78, 5) is 8.79. The summed E-state index contributed by atoms with van der Waals surface area (Å²) in [5.74, 6) is -0.708. The van der Waals surface area contributed by atoms with E-state index in [0.717, 1.165) is 56.5 Å². The van der Waals surface area contributed by atoms with Crippen molar-refractivity contribution >= 4 is 29.9 Å². The minimum atomic E-state index is -0.917. The van der Waals surface area contributed by atoms with Crippen LogP contribution in [0.15, 0.2) is 40.0 Å². The van der Waals surface area contributed by atoms with Crippen LogP contribution in [-0.2, 0) is 6.54 Å². The lowest BCUT2D eigenvalue weighted by Crippen LogP contribution is -2.52. The highest BCUT2D eigenvalue weighted by Gasteiger charge is 2.20. The van der Waals surface area contributed by atoms with Gasteiger partial charge < -0.3 is 19.5 Å². The first-order chi connectivity index (χ1) is 13.2. The number of aromatic nitrogens is 1. The molecule has 0 unspecified atom stereocenters. The number of benzene rings is 1. The van der Waals surface area contributed by atoms with Gasteiger partial charge in [-0.3, -0.25) is 9.89 Å². The number of guanidine groups is 1. The maximum atomic E-state index is 13.2. The smallest absolute Gasteiger partial charge is 0.193 e. The fraction of sp³-hybridized carbons (Fsp3) is 0.444. The minimum absolute atomic E-state index is 0. The first kappa shape index (κ1) is 22.3. The summed E-state index contributed by atoms with van der Waals surface area (Å²) >= 11 is 0. The van der Waals surface area contributed by atoms with Crippen molar-refractivity contribution in [1.82, 2.24) is 20.3 Å². The molecule has 0 radical (unpaired) electrons. The van der Waals surface area contributed by atoms with E-state index >= 15 is 0 Å². The van der Waals surface area contributed by atoms with E-state index in [4.69, 9.17) is 9.26 Å². The number of halogens is 3. The molecule has 0 saturated carbocycles. The van der Waals surface area contributed by atoms with E-state index in [0.29, 0.717) is 18.9 Å². The Morgan fingerprint density at radius 2 is 2.00 bits per heavy atom. The summed E-state index contributed by atoms with van der Waals surface area (Å²) in [5.41, 5.74) is 0.931. The number of hydrogen-bond donors (Lipinski definition) is 1. The van der Waals surface area contributed by atoms with Gasteiger partial charge in [-0.15, -0.1) is 24.0 Å². The molecule has 7 nitrogen and oxygen atoms in total. The standard InChI is InChI=1S/C18H23F2N5O2.HI/c1-21-18(22-5-11-26-15-2-3-16(19)17(20)12-15)25-8-6-24(7-9-25)13-14-4-10-27-23-14;/h2-4,10,12H,5-9,11,13H2,1H3,(H,21,22);1H. The molecule has 0 bridgehead atoms. The molecule has 3 rings (SSSR count). The van der Waals surface area contributed by atoms with Crippen molar-refractivity contribution in [3.05, 3.63) is 47.9 Å². The Labute approximate surface area is 179 Å². The monoisotopic (exact) mass is 507 g/mol. The lowest BCUT2D eigenvalue weighted by molar-refractivity contribution is 0.168. The number of hydrogen-bond acceptors (Lipinski definition) is 5. The second-order valence-corrected chi connectivity index (χ2v) is 6.15. The van der Waals surface area contributed by atoms with Gasteiger partial charge in [-0.25, -0.2) is 8.78 Å². The Bertz CT molecular complexity index is 752. The molecule has 2 heterocycles. The maximum absolute atomic E-state index is 13.2. The fourth-order valence-electron chi connectivity index (χ4n) is 2.90. The van der Waals surface area contributed by atoms with E-state index < -0.39 is 11.6 Å². The van der Waals surface area contributed by atoms with E-state index in [2.05, 4.69) is 25.3 Å². The van der Waals surface area contributed by atoms with Crippen LogP contribution < -0.4 is 10.1 Å². The number of nitrogens with zero attached hydrogens (tertiary/aromatic N) is 4. The summed E-state index contributed by atoms with van der Waals surface area (Å²) in [7, 11) is 1.74. The summed E-state index contributed by atoms with van der Waals surface area (Å²) < 4.78 is 36.4. The van der Waals surface area contributed by atoms with Crippen molar-refractivity contribution in [2.75, 3.05) is 46.4 Å². The minimum Gasteiger partial charge on any atom is -0.492 e. The van der Waals surface area contributed by atoms with Crippen LogP contribution in [0.5, 0.6) is 5.75 Å². The van der Waals surface area contributed by atoms with E-state index in [1.807, 2.05) is 6.07 Å². The third-order valence-electron chi connectivity index (χ3n) is 4.31. The molecule has 154 valence electrons. The number of rotatable bonds is 6. The topological polar surface area (TPSA) is 66.1 Å². The molecule has 0 atom stereocenters. The van der Waals surface area contributed by atoms with Crippen LogP contribution in [0.3, 0.4) is 0 Å². The first-order valence-corrected chi connectivity index (χ1v) is 8.81. The summed E-state index contributed by atoms with van der Waals surface area (Å²) in [6.07, 6.45) is 1.58. The Balaban J connectivity index is 0.00000280. The Hall–Kier alpha value is -1.95. The van der Waals surface area contributed by atoms with Crippen LogP contribution in [0.1, 0.15) is 5.69 Å². The van der Waals surface area contributed by atoms with Gasteiger partial charge in [0.15, 0.2) is 17.6 Å². The zero-order valence-electron chi connectivity index (χ0n) is 15.6. The predicted molar refractivity (Wildman–Crippen MR) is 112 cm³/mol. The molecular formula is C18H24F2IN5O2. The molecule has 0 aliphatic carbocycles. The van der Waals surface area contributed by atoms with Crippen molar-refractivity contribution in [1.29, 1.82) is 0 Å². The van der Waals surface area contributed by atoms with E-state index in [1.165, 1.54) is 6.07 Å². The van der Waals surface area contributed by atoms with Gasteiger partial charge in [0.1, 0.15) is 18.6 Å². The van der Waals surface area contributed by atoms with Gasteiger partial charge in [0.25, 0.3) is 0 Å². The third-order valence-corrected chi connectivity index (χ3v) is 4.31. The van der Waals surface area contributed by atoms with E-state index in [9.17, 15) is 8.78 Å². The normalized spacial score (nSPS) is 15.2. The lowest BCUT2D eigenvalue weighted by Gasteiger charge is -2.36. The quantitative estimate of drug-likeness (QED) is 0.281. The van der Waals surface area contributed by atoms with Crippen LogP contribution in [0.2, 0.25) is 0 Å². The maximum Gasteiger partial charge on any atom is 0.193 e. The van der Waals surface area contributed by atoms with E-state index in [-0.39, 0.29) is 24.0 Å². The summed E-state index contributed by atoms with van der Waals surface area (Å²) in [5, 5.41) is 7.17. The largest absolute Gasteiger partial charge is 0.492 e. The first-order valence-electron chi connectivity index (χ1n) is 8.81. The Kier molecular flexibility index (Phi) is 8.90. The number of ether oxygens (including phenoxy) is 1. The molecule has 0 amide bonds. The highest BCUT2D eigenvalue weighted by molar-refractivity contribution is 14.0. The second kappa shape index (κ2) is 11.1. The molecule has 1 aromatic carbocycles. The zero-order chi connectivity index (χ0) is 19.1. The molecule has 28 heavy (non-hydrogen) atoms. The molecule has 10 heteroatoms. The lowest BCUT2D eigenvalue weighted by atomic mass is 10.3. The highest BCUT2D eigenvalue weighted by atomic mass is 127. The number of piperazine rings is 1. The molecule has 1 saturated heterocycles. The molecule has 1 N–H and O–H groups in total. The average Bonchev–Trinajstić information content (AvgIpc) is 3.18. The van der Waals surface area contributed by atoms with Crippen LogP contribution in [-0.4, -0.2) is 67.3 Å². The van der Waals surface area contributed by atoms with Crippen molar-refractivity contribution in [3.63, 3.8) is 0 Å². The molecular weight excluding hydrogens is 483 g/mol. The van der Waals surface area contributed by atoms with Gasteiger partial charge in [0, 0.05) is 51.9 Å². The van der Waals surface area contributed by atoms with Crippen molar-refractivity contribution in [2.24, 2.45) is 4.99 Å². The van der Waals surface area contributed by atoms with Crippen LogP contribution in [0, 0.1) is 11.6 Å². The van der Waals surface area contributed by atoms with Gasteiger partial charge in [0.05, 0.1) is 12.2 Å². The van der Waals surface area contributed by atoms with Gasteiger partial charge >= 0.3 is 0 Å². The molecule has 1 aliphatic heterocycles. The van der Waals surface area contributed by atoms with Crippen molar-refractivity contribution < 1.29 is 18.0 Å². The Morgan fingerprint density at radius 1 is 1.21 bits per heavy atom. The van der Waals surface area contributed by atoms with Crippen LogP contribution in [0.25, 0.3) is 0 Å². The van der Waals surface area contributed by atoms with Gasteiger partial charge in [-0.1, -0.05) is 5.16 Å². The molecule has 1 fully saturated rings. The van der Waals surface area contributed by atoms with Gasteiger partial charge in [-0.05, 0) is 12.1 Å². The molecule has 1 aromatic heterocycles. The van der Waals surface area contributed by atoms with Crippen molar-refractivity contribution in [3.8, 4) is 5.75 Å². The molecule has 2 aromatic rings. The van der Waals surface area contributed by atoms with Crippen molar-refractivity contribution in [2.45, 2.75) is 6.54 Å². The number of nitrogens with one attached hydrogen (secondary N) is 1. The zero-order valence-corrected chi connectivity index (χ0v) is 17.9. The molecule has 1 aliphatic rings. The van der Waals surface area contributed by atoms with Gasteiger partial charge in [0.2, 0.25) is 0 Å². The Morgan fingerprint density at radius 3 is 2.64 bits per heavy atom. The third kappa shape index (κ3) is 6.30. The average molecular weight is 507 g/mol.